The molecule has 0 saturated carbocycles. The number of benzene rings is 1. The number of fused-ring (bicyclic) bond motifs is 1. The number of carbonyl (C=O) groups excluding carboxylic acids is 1. The second-order valence-electron chi connectivity index (χ2n) is 6.10. The van der Waals surface area contributed by atoms with Crippen molar-refractivity contribution in [2.45, 2.75) is 25.3 Å². The van der Waals surface area contributed by atoms with E-state index in [4.69, 9.17) is 5.73 Å². The van der Waals surface area contributed by atoms with E-state index in [1.165, 1.54) is 11.1 Å². The van der Waals surface area contributed by atoms with Crippen LogP contribution in [0.2, 0.25) is 0 Å². The molecule has 1 aliphatic carbocycles. The molecule has 2 rings (SSSR count). The highest BCUT2D eigenvalue weighted by molar-refractivity contribution is 5.78. The largest absolute Gasteiger partial charge is 0.354 e. The quantitative estimate of drug-likeness (QED) is 0.835. The van der Waals surface area contributed by atoms with Gasteiger partial charge in [-0.25, -0.2) is 0 Å². The van der Waals surface area contributed by atoms with Crippen LogP contribution in [0.5, 0.6) is 0 Å². The van der Waals surface area contributed by atoms with Gasteiger partial charge >= 0.3 is 0 Å². The molecule has 20 heavy (non-hydrogen) atoms. The first-order valence-corrected chi connectivity index (χ1v) is 7.20. The fraction of sp³-hybridized carbons (Fsp3) is 0.562. The number of nitrogens with zero attached hydrogens (tertiary/aromatic N) is 1. The predicted molar refractivity (Wildman–Crippen MR) is 81.5 cm³/mol. The maximum Gasteiger partial charge on any atom is 0.224 e. The van der Waals surface area contributed by atoms with Crippen molar-refractivity contribution >= 4 is 5.91 Å². The van der Waals surface area contributed by atoms with E-state index >= 15 is 0 Å². The van der Waals surface area contributed by atoms with Gasteiger partial charge in [0, 0.05) is 24.5 Å². The molecule has 0 aromatic heterocycles. The lowest BCUT2D eigenvalue weighted by molar-refractivity contribution is -0.124. The van der Waals surface area contributed by atoms with Gasteiger partial charge in [0.2, 0.25) is 5.91 Å². The van der Waals surface area contributed by atoms with Crippen molar-refractivity contribution in [3.05, 3.63) is 35.4 Å². The first-order valence-electron chi connectivity index (χ1n) is 7.20. The van der Waals surface area contributed by atoms with Crippen LogP contribution >= 0.6 is 0 Å². The molecule has 0 radical (unpaired) electrons. The minimum atomic E-state index is -0.127. The minimum Gasteiger partial charge on any atom is -0.354 e. The number of hydrogen-bond acceptors (Lipinski definition) is 3. The van der Waals surface area contributed by atoms with Crippen LogP contribution in [0.3, 0.4) is 0 Å². The van der Waals surface area contributed by atoms with Gasteiger partial charge in [-0.05, 0) is 38.1 Å². The van der Waals surface area contributed by atoms with Gasteiger partial charge in [-0.1, -0.05) is 31.2 Å². The predicted octanol–water partition coefficient (Wildman–Crippen LogP) is 0.797. The maximum absolute atomic E-state index is 12.0. The zero-order chi connectivity index (χ0) is 14.8. The van der Waals surface area contributed by atoms with Crippen LogP contribution in [0.1, 0.15) is 18.1 Å². The van der Waals surface area contributed by atoms with Crippen molar-refractivity contribution < 1.29 is 4.79 Å². The molecule has 0 fully saturated rings. The average Bonchev–Trinajstić information content (AvgIpc) is 2.83. The van der Waals surface area contributed by atoms with Gasteiger partial charge in [-0.15, -0.1) is 0 Å². The standard InChI is InChI=1S/C16H25N3O/c1-12(10-17)15(20)18-11-16(19(2)3)8-13-6-4-5-7-14(13)9-16/h4-7,12H,8-11,17H2,1-3H3,(H,18,20). The Kier molecular flexibility index (Phi) is 4.45. The van der Waals surface area contributed by atoms with Crippen LogP contribution < -0.4 is 11.1 Å². The summed E-state index contributed by atoms with van der Waals surface area (Å²) >= 11 is 0. The molecule has 0 saturated heterocycles. The van der Waals surface area contributed by atoms with Crippen molar-refractivity contribution in [3.63, 3.8) is 0 Å². The Labute approximate surface area is 121 Å². The monoisotopic (exact) mass is 275 g/mol. The van der Waals surface area contributed by atoms with Crippen LogP contribution in [0, 0.1) is 5.92 Å². The fourth-order valence-corrected chi connectivity index (χ4v) is 2.81. The van der Waals surface area contributed by atoms with Gasteiger partial charge in [0.1, 0.15) is 0 Å². The van der Waals surface area contributed by atoms with E-state index in [1.807, 2.05) is 6.92 Å². The first kappa shape index (κ1) is 15.0. The third kappa shape index (κ3) is 2.86. The highest BCUT2D eigenvalue weighted by atomic mass is 16.1. The summed E-state index contributed by atoms with van der Waals surface area (Å²) in [6, 6.07) is 8.54. The van der Waals surface area contributed by atoms with E-state index in [9.17, 15) is 4.79 Å². The molecule has 4 heteroatoms. The van der Waals surface area contributed by atoms with Crippen LogP contribution in [0.25, 0.3) is 0 Å². The Bertz CT molecular complexity index is 459. The average molecular weight is 275 g/mol. The molecule has 110 valence electrons. The summed E-state index contributed by atoms with van der Waals surface area (Å²) in [7, 11) is 4.18. The van der Waals surface area contributed by atoms with E-state index < -0.39 is 0 Å². The highest BCUT2D eigenvalue weighted by Crippen LogP contribution is 2.33. The number of rotatable bonds is 5. The van der Waals surface area contributed by atoms with Crippen molar-refractivity contribution in [2.24, 2.45) is 11.7 Å². The summed E-state index contributed by atoms with van der Waals surface area (Å²) in [6.45, 7) is 2.92. The Hall–Kier alpha value is -1.39. The van der Waals surface area contributed by atoms with E-state index in [0.717, 1.165) is 12.8 Å². The molecule has 4 nitrogen and oxygen atoms in total. The van der Waals surface area contributed by atoms with Crippen molar-refractivity contribution in [3.8, 4) is 0 Å². The minimum absolute atomic E-state index is 0.0202. The number of amides is 1. The van der Waals surface area contributed by atoms with E-state index in [-0.39, 0.29) is 17.4 Å². The Balaban J connectivity index is 2.08. The van der Waals surface area contributed by atoms with Gasteiger partial charge in [0.15, 0.2) is 0 Å². The summed E-state index contributed by atoms with van der Waals surface area (Å²) in [5.41, 5.74) is 8.31. The topological polar surface area (TPSA) is 58.4 Å². The lowest BCUT2D eigenvalue weighted by Gasteiger charge is -2.36. The van der Waals surface area contributed by atoms with Crippen LogP contribution in [0.4, 0.5) is 0 Å². The summed E-state index contributed by atoms with van der Waals surface area (Å²) in [5.74, 6) is -0.0809. The Morgan fingerprint density at radius 1 is 1.35 bits per heavy atom. The van der Waals surface area contributed by atoms with Gasteiger partial charge in [-0.2, -0.15) is 0 Å². The molecule has 1 aliphatic rings. The molecule has 0 heterocycles. The Morgan fingerprint density at radius 3 is 2.35 bits per heavy atom. The molecule has 1 aromatic carbocycles. The molecule has 1 atom stereocenters. The van der Waals surface area contributed by atoms with E-state index in [2.05, 4.69) is 48.6 Å². The summed E-state index contributed by atoms with van der Waals surface area (Å²) in [4.78, 5) is 14.2. The maximum atomic E-state index is 12.0. The number of nitrogens with one attached hydrogen (secondary N) is 1. The first-order chi connectivity index (χ1) is 9.48. The molecule has 1 aromatic rings. The van der Waals surface area contributed by atoms with Gasteiger partial charge in [-0.3, -0.25) is 4.79 Å². The summed E-state index contributed by atoms with van der Waals surface area (Å²) in [5, 5.41) is 3.07. The SMILES string of the molecule is CC(CN)C(=O)NCC1(N(C)C)Cc2ccccc2C1. The molecule has 1 amide bonds. The molecule has 0 spiro atoms. The second kappa shape index (κ2) is 5.94. The fourth-order valence-electron chi connectivity index (χ4n) is 2.81. The van der Waals surface area contributed by atoms with Crippen molar-refractivity contribution in [2.75, 3.05) is 27.2 Å². The van der Waals surface area contributed by atoms with Crippen LogP contribution in [0.15, 0.2) is 24.3 Å². The zero-order valence-corrected chi connectivity index (χ0v) is 12.6. The lowest BCUT2D eigenvalue weighted by Crippen LogP contribution is -2.54. The second-order valence-corrected chi connectivity index (χ2v) is 6.10. The highest BCUT2D eigenvalue weighted by Gasteiger charge is 2.39. The normalized spacial score (nSPS) is 17.9. The third-order valence-corrected chi connectivity index (χ3v) is 4.50. The number of carbonyl (C=O) groups is 1. The van der Waals surface area contributed by atoms with Crippen molar-refractivity contribution in [1.82, 2.24) is 10.2 Å². The van der Waals surface area contributed by atoms with Crippen LogP contribution in [-0.4, -0.2) is 43.5 Å². The lowest BCUT2D eigenvalue weighted by atomic mass is 9.93. The third-order valence-electron chi connectivity index (χ3n) is 4.50. The zero-order valence-electron chi connectivity index (χ0n) is 12.6. The van der Waals surface area contributed by atoms with Crippen molar-refractivity contribution in [1.29, 1.82) is 0 Å². The molecule has 1 unspecified atom stereocenters. The van der Waals surface area contributed by atoms with Gasteiger partial charge < -0.3 is 16.0 Å². The summed E-state index contributed by atoms with van der Waals surface area (Å²) in [6.07, 6.45) is 1.96. The summed E-state index contributed by atoms with van der Waals surface area (Å²) < 4.78 is 0. The van der Waals surface area contributed by atoms with Crippen LogP contribution in [-0.2, 0) is 17.6 Å². The molecular weight excluding hydrogens is 250 g/mol. The van der Waals surface area contributed by atoms with E-state index in [0.29, 0.717) is 13.1 Å². The van der Waals surface area contributed by atoms with Gasteiger partial charge in [0.25, 0.3) is 0 Å². The molecule has 0 bridgehead atoms. The molecule has 3 N–H and O–H groups in total. The van der Waals surface area contributed by atoms with Gasteiger partial charge in [0.05, 0.1) is 0 Å². The number of hydrogen-bond donors (Lipinski definition) is 2. The molecular formula is C16H25N3O. The number of nitrogens with two attached hydrogens (primary N) is 1. The molecule has 0 aliphatic heterocycles. The van der Waals surface area contributed by atoms with E-state index in [1.54, 1.807) is 0 Å². The number of likely N-dealkylation sites (N-methyl/N-ethyl adjacent to an activating group) is 1. The smallest absolute Gasteiger partial charge is 0.224 e. The Morgan fingerprint density at radius 2 is 1.90 bits per heavy atom.